The van der Waals surface area contributed by atoms with Gasteiger partial charge in [0.25, 0.3) is 0 Å². The van der Waals surface area contributed by atoms with Crippen molar-refractivity contribution in [2.75, 3.05) is 13.6 Å². The second-order valence-corrected chi connectivity index (χ2v) is 6.77. The van der Waals surface area contributed by atoms with E-state index in [0.717, 1.165) is 30.3 Å². The predicted octanol–water partition coefficient (Wildman–Crippen LogP) is 2.60. The molecule has 0 bridgehead atoms. The highest BCUT2D eigenvalue weighted by molar-refractivity contribution is 7.09. The Morgan fingerprint density at radius 1 is 1.48 bits per heavy atom. The van der Waals surface area contributed by atoms with Crippen LogP contribution in [0.2, 0.25) is 0 Å². The average Bonchev–Trinajstić information content (AvgIpc) is 3.12. The van der Waals surface area contributed by atoms with Crippen LogP contribution in [0.4, 0.5) is 0 Å². The second kappa shape index (κ2) is 8.10. The van der Waals surface area contributed by atoms with E-state index in [1.807, 2.05) is 31.2 Å². The predicted molar refractivity (Wildman–Crippen MR) is 95.7 cm³/mol. The fraction of sp³-hybridized carbons (Fsp3) is 0.562. The number of hydrogen-bond donors (Lipinski definition) is 1. The summed E-state index contributed by atoms with van der Waals surface area (Å²) in [4.78, 5) is 11.5. The van der Waals surface area contributed by atoms with Crippen LogP contribution in [-0.4, -0.2) is 39.2 Å². The Morgan fingerprint density at radius 2 is 2.26 bits per heavy atom. The molecule has 0 spiro atoms. The summed E-state index contributed by atoms with van der Waals surface area (Å²) >= 11 is 1.71. The summed E-state index contributed by atoms with van der Waals surface area (Å²) in [7, 11) is 3.96. The van der Waals surface area contributed by atoms with Gasteiger partial charge in [-0.3, -0.25) is 4.68 Å². The fourth-order valence-corrected chi connectivity index (χ4v) is 3.01. The van der Waals surface area contributed by atoms with Crippen molar-refractivity contribution in [1.29, 1.82) is 0 Å². The molecule has 0 saturated heterocycles. The zero-order valence-electron chi connectivity index (χ0n) is 14.6. The SMILES string of the molecule is CCNC(=NCc1csc(C(C)C)n1)N(C)Cc1cnn(C)c1. The molecule has 7 heteroatoms. The van der Waals surface area contributed by atoms with E-state index in [4.69, 9.17) is 4.99 Å². The van der Waals surface area contributed by atoms with Crippen LogP contribution in [0.3, 0.4) is 0 Å². The molecule has 2 aromatic heterocycles. The van der Waals surface area contributed by atoms with Gasteiger partial charge in [-0.2, -0.15) is 5.10 Å². The molecule has 6 nitrogen and oxygen atoms in total. The number of thiazole rings is 1. The van der Waals surface area contributed by atoms with Crippen molar-refractivity contribution in [3.05, 3.63) is 34.0 Å². The normalized spacial score (nSPS) is 12.0. The number of hydrogen-bond acceptors (Lipinski definition) is 4. The van der Waals surface area contributed by atoms with E-state index < -0.39 is 0 Å². The third-order valence-electron chi connectivity index (χ3n) is 3.33. The third kappa shape index (κ3) is 5.06. The number of guanidine groups is 1. The minimum atomic E-state index is 0.472. The maximum absolute atomic E-state index is 4.71. The molecule has 0 aromatic carbocycles. The number of aromatic nitrogens is 3. The van der Waals surface area contributed by atoms with Crippen molar-refractivity contribution >= 4 is 17.3 Å². The van der Waals surface area contributed by atoms with Crippen LogP contribution in [0, 0.1) is 0 Å². The quantitative estimate of drug-likeness (QED) is 0.652. The minimum Gasteiger partial charge on any atom is -0.357 e. The van der Waals surface area contributed by atoms with Gasteiger partial charge in [0, 0.05) is 50.2 Å². The Bertz CT molecular complexity index is 643. The standard InChI is InChI=1S/C16H26N6S/c1-6-17-16(21(4)9-13-7-19-22(5)10-13)18-8-14-11-23-15(20-14)12(2)3/h7,10-12H,6,8-9H2,1-5H3,(H,17,18). The maximum atomic E-state index is 4.71. The molecular weight excluding hydrogens is 308 g/mol. The molecule has 0 atom stereocenters. The Morgan fingerprint density at radius 3 is 2.83 bits per heavy atom. The van der Waals surface area contributed by atoms with E-state index in [1.165, 1.54) is 5.01 Å². The van der Waals surface area contributed by atoms with Crippen molar-refractivity contribution in [3.63, 3.8) is 0 Å². The van der Waals surface area contributed by atoms with Gasteiger partial charge in [0.05, 0.1) is 23.4 Å². The largest absolute Gasteiger partial charge is 0.357 e. The number of nitrogens with one attached hydrogen (secondary N) is 1. The Kier molecular flexibility index (Phi) is 6.15. The van der Waals surface area contributed by atoms with E-state index in [-0.39, 0.29) is 0 Å². The number of aryl methyl sites for hydroxylation is 1. The molecular formula is C16H26N6S. The van der Waals surface area contributed by atoms with Crippen LogP contribution >= 0.6 is 11.3 Å². The zero-order chi connectivity index (χ0) is 16.8. The van der Waals surface area contributed by atoms with Gasteiger partial charge >= 0.3 is 0 Å². The molecule has 23 heavy (non-hydrogen) atoms. The molecule has 1 N–H and O–H groups in total. The molecule has 0 amide bonds. The highest BCUT2D eigenvalue weighted by Crippen LogP contribution is 2.19. The first-order valence-corrected chi connectivity index (χ1v) is 8.78. The summed E-state index contributed by atoms with van der Waals surface area (Å²) < 4.78 is 1.82. The van der Waals surface area contributed by atoms with Gasteiger partial charge in [0.15, 0.2) is 5.96 Å². The van der Waals surface area contributed by atoms with Crippen molar-refractivity contribution in [1.82, 2.24) is 25.0 Å². The van der Waals surface area contributed by atoms with Crippen LogP contribution in [0.15, 0.2) is 22.8 Å². The molecule has 0 aliphatic carbocycles. The second-order valence-electron chi connectivity index (χ2n) is 5.88. The molecule has 0 aliphatic heterocycles. The smallest absolute Gasteiger partial charge is 0.194 e. The molecule has 126 valence electrons. The van der Waals surface area contributed by atoms with Gasteiger partial charge in [-0.05, 0) is 6.92 Å². The topological polar surface area (TPSA) is 58.3 Å². The summed E-state index contributed by atoms with van der Waals surface area (Å²) in [6.45, 7) is 8.61. The Hall–Kier alpha value is -1.89. The first-order chi connectivity index (χ1) is 11.0. The molecule has 0 aliphatic rings. The van der Waals surface area contributed by atoms with E-state index in [0.29, 0.717) is 12.5 Å². The van der Waals surface area contributed by atoms with Crippen LogP contribution in [0.25, 0.3) is 0 Å². The average molecular weight is 334 g/mol. The molecule has 2 rings (SSSR count). The van der Waals surface area contributed by atoms with Gasteiger partial charge in [0.1, 0.15) is 0 Å². The van der Waals surface area contributed by atoms with Crippen molar-refractivity contribution < 1.29 is 0 Å². The summed E-state index contributed by atoms with van der Waals surface area (Å²) in [5.41, 5.74) is 2.19. The van der Waals surface area contributed by atoms with Crippen molar-refractivity contribution in [3.8, 4) is 0 Å². The molecule has 2 aromatic rings. The van der Waals surface area contributed by atoms with Gasteiger partial charge in [-0.25, -0.2) is 9.98 Å². The lowest BCUT2D eigenvalue weighted by molar-refractivity contribution is 0.476. The van der Waals surface area contributed by atoms with Gasteiger partial charge in [-0.1, -0.05) is 13.8 Å². The third-order valence-corrected chi connectivity index (χ3v) is 4.52. The Labute approximate surface area is 142 Å². The van der Waals surface area contributed by atoms with Crippen LogP contribution in [0.5, 0.6) is 0 Å². The summed E-state index contributed by atoms with van der Waals surface area (Å²) in [6.07, 6.45) is 3.91. The van der Waals surface area contributed by atoms with Gasteiger partial charge in [0.2, 0.25) is 0 Å². The number of nitrogens with zero attached hydrogens (tertiary/aromatic N) is 5. The van der Waals surface area contributed by atoms with Crippen LogP contribution < -0.4 is 5.32 Å². The molecule has 0 saturated carbocycles. The number of aliphatic imine (C=N–C) groups is 1. The van der Waals surface area contributed by atoms with E-state index in [2.05, 4.69) is 46.5 Å². The zero-order valence-corrected chi connectivity index (χ0v) is 15.4. The van der Waals surface area contributed by atoms with Gasteiger partial charge in [-0.15, -0.1) is 11.3 Å². The number of rotatable bonds is 6. The highest BCUT2D eigenvalue weighted by Gasteiger charge is 2.09. The van der Waals surface area contributed by atoms with Crippen molar-refractivity contribution in [2.45, 2.75) is 39.8 Å². The van der Waals surface area contributed by atoms with E-state index in [1.54, 1.807) is 11.3 Å². The first kappa shape index (κ1) is 17.5. The lowest BCUT2D eigenvalue weighted by atomic mass is 10.2. The van der Waals surface area contributed by atoms with Crippen LogP contribution in [-0.2, 0) is 20.1 Å². The maximum Gasteiger partial charge on any atom is 0.194 e. The van der Waals surface area contributed by atoms with E-state index >= 15 is 0 Å². The summed E-state index contributed by atoms with van der Waals surface area (Å²) in [5.74, 6) is 1.36. The lowest BCUT2D eigenvalue weighted by Crippen LogP contribution is -2.38. The van der Waals surface area contributed by atoms with Crippen LogP contribution in [0.1, 0.15) is 43.0 Å². The minimum absolute atomic E-state index is 0.472. The van der Waals surface area contributed by atoms with E-state index in [9.17, 15) is 0 Å². The summed E-state index contributed by atoms with van der Waals surface area (Å²) in [6, 6.07) is 0. The molecule has 0 unspecified atom stereocenters. The van der Waals surface area contributed by atoms with Gasteiger partial charge < -0.3 is 10.2 Å². The molecule has 0 radical (unpaired) electrons. The fourth-order valence-electron chi connectivity index (χ4n) is 2.19. The Balaban J connectivity index is 2.03. The molecule has 2 heterocycles. The first-order valence-electron chi connectivity index (χ1n) is 7.90. The highest BCUT2D eigenvalue weighted by atomic mass is 32.1. The summed E-state index contributed by atoms with van der Waals surface area (Å²) in [5, 5.41) is 10.8. The lowest BCUT2D eigenvalue weighted by Gasteiger charge is -2.21. The molecule has 0 fully saturated rings. The van der Waals surface area contributed by atoms with Crippen molar-refractivity contribution in [2.24, 2.45) is 12.0 Å². The monoisotopic (exact) mass is 334 g/mol.